The lowest BCUT2D eigenvalue weighted by molar-refractivity contribution is 0.631. The van der Waals surface area contributed by atoms with Gasteiger partial charge in [-0.05, 0) is 17.7 Å². The molecular weight excluding hydrogens is 257 g/mol. The fourth-order valence-electron chi connectivity index (χ4n) is 1.40. The van der Waals surface area contributed by atoms with Crippen molar-refractivity contribution in [2.24, 2.45) is 0 Å². The molecule has 0 fully saturated rings. The molecule has 1 aromatic heterocycles. The Morgan fingerprint density at radius 1 is 1.20 bits per heavy atom. The minimum Gasteiger partial charge on any atom is -0.264 e. The van der Waals surface area contributed by atoms with E-state index < -0.39 is 0 Å². The van der Waals surface area contributed by atoms with Crippen LogP contribution in [0.15, 0.2) is 42.7 Å². The summed E-state index contributed by atoms with van der Waals surface area (Å²) in [6, 6.07) is 8.64. The summed E-state index contributed by atoms with van der Waals surface area (Å²) in [6.07, 6.45) is 3.43. The summed E-state index contributed by atoms with van der Waals surface area (Å²) < 4.78 is 13.5. The topological polar surface area (TPSA) is 12.9 Å². The highest BCUT2D eigenvalue weighted by Crippen LogP contribution is 2.22. The maximum absolute atomic E-state index is 13.5. The van der Waals surface area contributed by atoms with Gasteiger partial charge in [-0.2, -0.15) is 0 Å². The molecule has 2 rings (SSSR count). The van der Waals surface area contributed by atoms with Crippen LogP contribution in [-0.4, -0.2) is 4.98 Å². The third-order valence-electron chi connectivity index (χ3n) is 2.13. The Morgan fingerprint density at radius 2 is 2.00 bits per heavy atom. The first kappa shape index (κ1) is 10.3. The molecule has 0 aliphatic rings. The lowest BCUT2D eigenvalue weighted by Gasteiger charge is -2.03. The Labute approximate surface area is 96.1 Å². The normalized spacial score (nSPS) is 10.3. The van der Waals surface area contributed by atoms with E-state index in [0.29, 0.717) is 5.56 Å². The van der Waals surface area contributed by atoms with E-state index in [1.165, 1.54) is 6.07 Å². The summed E-state index contributed by atoms with van der Waals surface area (Å²) in [5.74, 6) is -0.217. The monoisotopic (exact) mass is 265 g/mol. The Bertz CT molecular complexity index is 471. The number of hydrogen-bond donors (Lipinski definition) is 0. The van der Waals surface area contributed by atoms with Crippen LogP contribution in [0.4, 0.5) is 4.39 Å². The van der Waals surface area contributed by atoms with Gasteiger partial charge in [0.15, 0.2) is 0 Å². The van der Waals surface area contributed by atoms with E-state index in [9.17, 15) is 4.39 Å². The minimum absolute atomic E-state index is 0.217. The average molecular weight is 266 g/mol. The first-order valence-electron chi connectivity index (χ1n) is 4.56. The van der Waals surface area contributed by atoms with E-state index in [1.54, 1.807) is 24.5 Å². The van der Waals surface area contributed by atoms with Gasteiger partial charge in [0.1, 0.15) is 5.82 Å². The minimum atomic E-state index is -0.217. The SMILES string of the molecule is Fc1ccccc1-c1cncc(CBr)c1. The van der Waals surface area contributed by atoms with E-state index in [-0.39, 0.29) is 5.82 Å². The molecule has 3 heteroatoms. The van der Waals surface area contributed by atoms with E-state index in [4.69, 9.17) is 0 Å². The fraction of sp³-hybridized carbons (Fsp3) is 0.0833. The molecule has 0 bridgehead atoms. The number of benzene rings is 1. The van der Waals surface area contributed by atoms with Crippen molar-refractivity contribution in [2.45, 2.75) is 5.33 Å². The van der Waals surface area contributed by atoms with Gasteiger partial charge in [0.05, 0.1) is 0 Å². The first-order valence-corrected chi connectivity index (χ1v) is 5.68. The van der Waals surface area contributed by atoms with Gasteiger partial charge in [-0.15, -0.1) is 0 Å². The Balaban J connectivity index is 2.49. The standard InChI is InChI=1S/C12H9BrFN/c13-6-9-5-10(8-15-7-9)11-3-1-2-4-12(11)14/h1-5,7-8H,6H2. The number of aromatic nitrogens is 1. The van der Waals surface area contributed by atoms with Gasteiger partial charge in [-0.3, -0.25) is 4.98 Å². The lowest BCUT2D eigenvalue weighted by Crippen LogP contribution is -1.87. The highest BCUT2D eigenvalue weighted by Gasteiger charge is 2.04. The molecule has 1 nitrogen and oxygen atoms in total. The number of alkyl halides is 1. The molecule has 0 unspecified atom stereocenters. The number of halogens is 2. The molecule has 0 aliphatic heterocycles. The molecule has 0 aliphatic carbocycles. The molecule has 0 N–H and O–H groups in total. The molecular formula is C12H9BrFN. The van der Waals surface area contributed by atoms with Crippen LogP contribution in [-0.2, 0) is 5.33 Å². The number of hydrogen-bond acceptors (Lipinski definition) is 1. The zero-order valence-electron chi connectivity index (χ0n) is 7.95. The molecule has 15 heavy (non-hydrogen) atoms. The van der Waals surface area contributed by atoms with Crippen molar-refractivity contribution >= 4 is 15.9 Å². The van der Waals surface area contributed by atoms with Crippen LogP contribution in [0.25, 0.3) is 11.1 Å². The summed E-state index contributed by atoms with van der Waals surface area (Å²) in [4.78, 5) is 4.08. The smallest absolute Gasteiger partial charge is 0.131 e. The van der Waals surface area contributed by atoms with E-state index in [1.807, 2.05) is 12.1 Å². The van der Waals surface area contributed by atoms with E-state index in [2.05, 4.69) is 20.9 Å². The van der Waals surface area contributed by atoms with Crippen molar-refractivity contribution in [3.8, 4) is 11.1 Å². The van der Waals surface area contributed by atoms with Gasteiger partial charge in [0.2, 0.25) is 0 Å². The van der Waals surface area contributed by atoms with Crippen molar-refractivity contribution in [1.29, 1.82) is 0 Å². The highest BCUT2D eigenvalue weighted by molar-refractivity contribution is 9.08. The molecule has 0 amide bonds. The van der Waals surface area contributed by atoms with Gasteiger partial charge in [-0.1, -0.05) is 34.1 Å². The van der Waals surface area contributed by atoms with Crippen LogP contribution in [0, 0.1) is 5.82 Å². The van der Waals surface area contributed by atoms with Gasteiger partial charge in [0, 0.05) is 28.9 Å². The van der Waals surface area contributed by atoms with Gasteiger partial charge in [0.25, 0.3) is 0 Å². The predicted octanol–water partition coefficient (Wildman–Crippen LogP) is 3.78. The summed E-state index contributed by atoms with van der Waals surface area (Å²) in [6.45, 7) is 0. The Kier molecular flexibility index (Phi) is 3.11. The molecule has 76 valence electrons. The molecule has 1 aromatic carbocycles. The van der Waals surface area contributed by atoms with Crippen LogP contribution < -0.4 is 0 Å². The second-order valence-electron chi connectivity index (χ2n) is 3.20. The lowest BCUT2D eigenvalue weighted by atomic mass is 10.1. The van der Waals surface area contributed by atoms with Gasteiger partial charge >= 0.3 is 0 Å². The van der Waals surface area contributed by atoms with E-state index >= 15 is 0 Å². The van der Waals surface area contributed by atoms with Gasteiger partial charge in [-0.25, -0.2) is 4.39 Å². The Morgan fingerprint density at radius 3 is 2.73 bits per heavy atom. The summed E-state index contributed by atoms with van der Waals surface area (Å²) in [7, 11) is 0. The van der Waals surface area contributed by atoms with Crippen LogP contribution in [0.5, 0.6) is 0 Å². The molecule has 0 saturated heterocycles. The molecule has 0 radical (unpaired) electrons. The van der Waals surface area contributed by atoms with Crippen LogP contribution in [0.1, 0.15) is 5.56 Å². The van der Waals surface area contributed by atoms with Crippen molar-refractivity contribution in [2.75, 3.05) is 0 Å². The Hall–Kier alpha value is -1.22. The maximum atomic E-state index is 13.5. The van der Waals surface area contributed by atoms with Crippen LogP contribution in [0.3, 0.4) is 0 Å². The largest absolute Gasteiger partial charge is 0.264 e. The zero-order valence-corrected chi connectivity index (χ0v) is 9.54. The second kappa shape index (κ2) is 4.53. The number of rotatable bonds is 2. The summed E-state index contributed by atoms with van der Waals surface area (Å²) >= 11 is 3.35. The van der Waals surface area contributed by atoms with Crippen molar-refractivity contribution < 1.29 is 4.39 Å². The molecule has 0 atom stereocenters. The number of pyridine rings is 1. The summed E-state index contributed by atoms with van der Waals surface area (Å²) in [5.41, 5.74) is 2.44. The van der Waals surface area contributed by atoms with Crippen molar-refractivity contribution in [3.63, 3.8) is 0 Å². The van der Waals surface area contributed by atoms with Gasteiger partial charge < -0.3 is 0 Å². The first-order chi connectivity index (χ1) is 7.31. The predicted molar refractivity (Wildman–Crippen MR) is 62.3 cm³/mol. The fourth-order valence-corrected chi connectivity index (χ4v) is 1.71. The average Bonchev–Trinajstić information content (AvgIpc) is 2.30. The van der Waals surface area contributed by atoms with Crippen LogP contribution in [0.2, 0.25) is 0 Å². The van der Waals surface area contributed by atoms with Crippen molar-refractivity contribution in [1.82, 2.24) is 4.98 Å². The molecule has 0 saturated carbocycles. The molecule has 0 spiro atoms. The van der Waals surface area contributed by atoms with Crippen molar-refractivity contribution in [3.05, 3.63) is 54.1 Å². The third kappa shape index (κ3) is 2.23. The highest BCUT2D eigenvalue weighted by atomic mass is 79.9. The maximum Gasteiger partial charge on any atom is 0.131 e. The summed E-state index contributed by atoms with van der Waals surface area (Å²) in [5, 5.41) is 0.724. The quantitative estimate of drug-likeness (QED) is 0.754. The zero-order chi connectivity index (χ0) is 10.7. The molecule has 2 aromatic rings. The second-order valence-corrected chi connectivity index (χ2v) is 3.76. The van der Waals surface area contributed by atoms with E-state index in [0.717, 1.165) is 16.5 Å². The van der Waals surface area contributed by atoms with Crippen LogP contribution >= 0.6 is 15.9 Å². The third-order valence-corrected chi connectivity index (χ3v) is 2.78. The molecule has 1 heterocycles. The number of nitrogens with zero attached hydrogens (tertiary/aromatic N) is 1.